The first-order valence-corrected chi connectivity index (χ1v) is 8.20. The van der Waals surface area contributed by atoms with Crippen molar-refractivity contribution in [1.82, 2.24) is 20.2 Å². The zero-order valence-electron chi connectivity index (χ0n) is 14.2. The fraction of sp³-hybridized carbons (Fsp3) is 0.222. The Hall–Kier alpha value is -2.73. The number of carbonyl (C=O) groups excluding carboxylic acids is 1. The number of nitrogens with zero attached hydrogens (tertiary/aromatic N) is 4. The van der Waals surface area contributed by atoms with Crippen molar-refractivity contribution >= 4 is 34.6 Å². The molecule has 3 aromatic rings. The Morgan fingerprint density at radius 2 is 2.08 bits per heavy atom. The molecule has 0 saturated carbocycles. The van der Waals surface area contributed by atoms with Gasteiger partial charge in [-0.05, 0) is 44.5 Å². The number of benzene rings is 1. The van der Waals surface area contributed by atoms with Crippen LogP contribution < -0.4 is 5.43 Å². The molecule has 25 heavy (non-hydrogen) atoms. The lowest BCUT2D eigenvalue weighted by Gasteiger charge is -2.04. The number of aromatic nitrogens is 3. The van der Waals surface area contributed by atoms with Gasteiger partial charge in [0.2, 0.25) is 0 Å². The molecule has 0 atom stereocenters. The maximum atomic E-state index is 12.0. The molecule has 0 aliphatic rings. The van der Waals surface area contributed by atoms with Crippen LogP contribution in [0.2, 0.25) is 5.15 Å². The lowest BCUT2D eigenvalue weighted by Crippen LogP contribution is -2.24. The maximum absolute atomic E-state index is 12.0. The molecular weight excluding hydrogens is 338 g/mol. The number of fused-ring (bicyclic) bond motifs is 1. The van der Waals surface area contributed by atoms with Gasteiger partial charge in [-0.3, -0.25) is 9.48 Å². The Morgan fingerprint density at radius 3 is 2.80 bits per heavy atom. The van der Waals surface area contributed by atoms with Crippen molar-refractivity contribution in [2.24, 2.45) is 5.10 Å². The second-order valence-corrected chi connectivity index (χ2v) is 6.30. The number of carbonyl (C=O) groups is 1. The average molecular weight is 356 g/mol. The summed E-state index contributed by atoms with van der Waals surface area (Å²) in [6, 6.07) is 9.76. The van der Waals surface area contributed by atoms with Crippen LogP contribution >= 0.6 is 11.6 Å². The fourth-order valence-corrected chi connectivity index (χ4v) is 2.74. The first-order chi connectivity index (χ1) is 11.9. The molecule has 3 rings (SSSR count). The summed E-state index contributed by atoms with van der Waals surface area (Å²) in [6.07, 6.45) is 1.49. The number of amides is 1. The highest BCUT2D eigenvalue weighted by Gasteiger charge is 2.07. The molecule has 0 saturated heterocycles. The molecule has 2 aromatic heterocycles. The van der Waals surface area contributed by atoms with Gasteiger partial charge in [0.05, 0.1) is 17.4 Å². The zero-order chi connectivity index (χ0) is 18.0. The topological polar surface area (TPSA) is 72.2 Å². The number of pyridine rings is 1. The number of hydrogen-bond donors (Lipinski definition) is 1. The summed E-state index contributed by atoms with van der Waals surface area (Å²) >= 11 is 6.20. The molecule has 0 spiro atoms. The molecule has 7 heteroatoms. The Labute approximate surface area is 150 Å². The third kappa shape index (κ3) is 4.03. The monoisotopic (exact) mass is 355 g/mol. The van der Waals surface area contributed by atoms with E-state index in [2.05, 4.69) is 20.6 Å². The van der Waals surface area contributed by atoms with Gasteiger partial charge in [-0.15, -0.1) is 0 Å². The van der Waals surface area contributed by atoms with Crippen molar-refractivity contribution in [2.75, 3.05) is 0 Å². The Balaban J connectivity index is 1.70. The molecule has 0 fully saturated rings. The van der Waals surface area contributed by atoms with Gasteiger partial charge in [0.1, 0.15) is 11.7 Å². The second-order valence-electron chi connectivity index (χ2n) is 5.94. The Bertz CT molecular complexity index is 977. The maximum Gasteiger partial charge on any atom is 0.261 e. The molecule has 1 N–H and O–H groups in total. The normalized spacial score (nSPS) is 11.4. The van der Waals surface area contributed by atoms with Gasteiger partial charge >= 0.3 is 0 Å². The van der Waals surface area contributed by atoms with Crippen LogP contribution in [0.25, 0.3) is 10.9 Å². The van der Waals surface area contributed by atoms with Crippen LogP contribution in [0.4, 0.5) is 0 Å². The van der Waals surface area contributed by atoms with Crippen molar-refractivity contribution in [3.8, 4) is 0 Å². The van der Waals surface area contributed by atoms with Crippen LogP contribution in [-0.2, 0) is 11.3 Å². The van der Waals surface area contributed by atoms with E-state index in [0.29, 0.717) is 10.7 Å². The smallest absolute Gasteiger partial charge is 0.261 e. The van der Waals surface area contributed by atoms with Crippen LogP contribution in [-0.4, -0.2) is 26.9 Å². The molecule has 0 unspecified atom stereocenters. The number of nitrogens with one attached hydrogen (secondary N) is 1. The highest BCUT2D eigenvalue weighted by molar-refractivity contribution is 6.32. The van der Waals surface area contributed by atoms with Crippen LogP contribution in [0.15, 0.2) is 35.4 Å². The molecular formula is C18H18ClN5O. The van der Waals surface area contributed by atoms with Crippen molar-refractivity contribution < 1.29 is 4.79 Å². The van der Waals surface area contributed by atoms with E-state index < -0.39 is 0 Å². The molecule has 6 nitrogen and oxygen atoms in total. The Kier molecular flexibility index (Phi) is 4.81. The summed E-state index contributed by atoms with van der Waals surface area (Å²) in [5.41, 5.74) is 6.87. The molecule has 0 aliphatic carbocycles. The zero-order valence-corrected chi connectivity index (χ0v) is 15.0. The lowest BCUT2D eigenvalue weighted by atomic mass is 10.1. The third-order valence-corrected chi connectivity index (χ3v) is 4.05. The minimum absolute atomic E-state index is 0.111. The standard InChI is InChI=1S/C18H18ClN5O/c1-11-4-5-14-8-15(18(19)21-16(14)6-11)9-20-22-17(25)10-24-13(3)7-12(2)23-24/h4-9H,10H2,1-3H3,(H,22,25)/b20-9+. The van der Waals surface area contributed by atoms with E-state index in [9.17, 15) is 4.79 Å². The molecule has 0 radical (unpaired) electrons. The van der Waals surface area contributed by atoms with E-state index in [0.717, 1.165) is 27.9 Å². The summed E-state index contributed by atoms with van der Waals surface area (Å²) in [5.74, 6) is -0.261. The van der Waals surface area contributed by atoms with E-state index in [1.165, 1.54) is 6.21 Å². The van der Waals surface area contributed by atoms with Gasteiger partial charge in [-0.25, -0.2) is 10.4 Å². The number of hydrazone groups is 1. The first-order valence-electron chi connectivity index (χ1n) is 7.82. The van der Waals surface area contributed by atoms with Gasteiger partial charge in [-0.1, -0.05) is 23.7 Å². The van der Waals surface area contributed by atoms with Crippen LogP contribution in [0, 0.1) is 20.8 Å². The quantitative estimate of drug-likeness (QED) is 0.444. The van der Waals surface area contributed by atoms with E-state index in [1.54, 1.807) is 4.68 Å². The first kappa shape index (κ1) is 17.1. The Morgan fingerprint density at radius 1 is 1.28 bits per heavy atom. The molecule has 0 aliphatic heterocycles. The summed E-state index contributed by atoms with van der Waals surface area (Å²) < 4.78 is 1.63. The van der Waals surface area contributed by atoms with Gasteiger partial charge in [0.15, 0.2) is 0 Å². The van der Waals surface area contributed by atoms with E-state index in [1.807, 2.05) is 51.1 Å². The molecule has 128 valence electrons. The highest BCUT2D eigenvalue weighted by Crippen LogP contribution is 2.20. The predicted octanol–water partition coefficient (Wildman–Crippen LogP) is 3.16. The van der Waals surface area contributed by atoms with Gasteiger partial charge in [-0.2, -0.15) is 10.2 Å². The predicted molar refractivity (Wildman–Crippen MR) is 98.9 cm³/mol. The lowest BCUT2D eigenvalue weighted by molar-refractivity contribution is -0.121. The SMILES string of the molecule is Cc1ccc2cc(/C=N/NC(=O)Cn3nc(C)cc3C)c(Cl)nc2c1. The van der Waals surface area contributed by atoms with Gasteiger partial charge in [0, 0.05) is 16.6 Å². The number of hydrogen-bond acceptors (Lipinski definition) is 4. The van der Waals surface area contributed by atoms with E-state index >= 15 is 0 Å². The summed E-state index contributed by atoms with van der Waals surface area (Å²) in [7, 11) is 0. The fourth-order valence-electron chi connectivity index (χ4n) is 2.54. The average Bonchev–Trinajstić information content (AvgIpc) is 2.85. The summed E-state index contributed by atoms with van der Waals surface area (Å²) in [5, 5.41) is 9.52. The molecule has 0 bridgehead atoms. The van der Waals surface area contributed by atoms with Gasteiger partial charge in [0.25, 0.3) is 5.91 Å². The minimum Gasteiger partial charge on any atom is -0.271 e. The number of aryl methyl sites for hydroxylation is 3. The van der Waals surface area contributed by atoms with E-state index in [-0.39, 0.29) is 12.5 Å². The van der Waals surface area contributed by atoms with Crippen molar-refractivity contribution in [2.45, 2.75) is 27.3 Å². The van der Waals surface area contributed by atoms with E-state index in [4.69, 9.17) is 11.6 Å². The highest BCUT2D eigenvalue weighted by atomic mass is 35.5. The van der Waals surface area contributed by atoms with Crippen LogP contribution in [0.5, 0.6) is 0 Å². The van der Waals surface area contributed by atoms with Crippen molar-refractivity contribution in [3.63, 3.8) is 0 Å². The van der Waals surface area contributed by atoms with Crippen molar-refractivity contribution in [1.29, 1.82) is 0 Å². The van der Waals surface area contributed by atoms with Crippen LogP contribution in [0.1, 0.15) is 22.5 Å². The minimum atomic E-state index is -0.261. The summed E-state index contributed by atoms with van der Waals surface area (Å²) in [6.45, 7) is 5.90. The van der Waals surface area contributed by atoms with Crippen LogP contribution in [0.3, 0.4) is 0 Å². The summed E-state index contributed by atoms with van der Waals surface area (Å²) in [4.78, 5) is 16.3. The largest absolute Gasteiger partial charge is 0.271 e. The molecule has 2 heterocycles. The number of rotatable bonds is 4. The second kappa shape index (κ2) is 7.03. The van der Waals surface area contributed by atoms with Crippen molar-refractivity contribution in [3.05, 3.63) is 58.0 Å². The van der Waals surface area contributed by atoms with Gasteiger partial charge < -0.3 is 0 Å². The molecule has 1 amide bonds. The third-order valence-electron chi connectivity index (χ3n) is 3.74. The number of halogens is 1. The molecule has 1 aromatic carbocycles.